The predicted molar refractivity (Wildman–Crippen MR) is 125 cm³/mol. The maximum Gasteiger partial charge on any atom is 0.293 e. The van der Waals surface area contributed by atoms with Crippen LogP contribution in [0.25, 0.3) is 0 Å². The largest absolute Gasteiger partial charge is 0.443 e. The highest BCUT2D eigenvalue weighted by atomic mass is 19.1. The number of benzene rings is 2. The van der Waals surface area contributed by atoms with Gasteiger partial charge in [-0.1, -0.05) is 12.0 Å². The first kappa shape index (κ1) is 21.7. The second-order valence-electron chi connectivity index (χ2n) is 8.16. The summed E-state index contributed by atoms with van der Waals surface area (Å²) in [5, 5.41) is 0. The molecule has 0 radical (unpaired) electrons. The van der Waals surface area contributed by atoms with E-state index in [4.69, 9.17) is 4.42 Å². The van der Waals surface area contributed by atoms with Crippen LogP contribution in [-0.2, 0) is 0 Å². The van der Waals surface area contributed by atoms with E-state index in [-0.39, 0.29) is 17.5 Å². The van der Waals surface area contributed by atoms with Crippen LogP contribution >= 0.6 is 0 Å². The van der Waals surface area contributed by atoms with Gasteiger partial charge in [0, 0.05) is 43.1 Å². The molecule has 1 aliphatic heterocycles. The summed E-state index contributed by atoms with van der Waals surface area (Å²) in [6, 6.07) is 17.8. The Morgan fingerprint density at radius 3 is 2.53 bits per heavy atom. The number of hydrogen-bond acceptors (Lipinski definition) is 4. The molecule has 0 N–H and O–H groups in total. The molecule has 0 aliphatic carbocycles. The normalized spacial score (nSPS) is 15.5. The standard InChI is InChI=1S/C26H26FN3O2/c1-28(2)23-15-16-30(18-23)22-10-8-21(9-11-22)29(3)26(31)25-14-13-24(32-25)12-7-19-5-4-6-20(27)17-19/h4-6,8-11,13-14,17,23H,15-16,18H2,1-3H3. The van der Waals surface area contributed by atoms with Gasteiger partial charge in [-0.05, 0) is 81.0 Å². The minimum atomic E-state index is -0.345. The van der Waals surface area contributed by atoms with Crippen LogP contribution in [-0.4, -0.2) is 51.1 Å². The first-order valence-electron chi connectivity index (χ1n) is 10.6. The fraction of sp³-hybridized carbons (Fsp3) is 0.269. The van der Waals surface area contributed by atoms with Crippen LogP contribution in [0.3, 0.4) is 0 Å². The minimum absolute atomic E-state index is 0.202. The van der Waals surface area contributed by atoms with Gasteiger partial charge in [-0.2, -0.15) is 0 Å². The van der Waals surface area contributed by atoms with Crippen LogP contribution in [0.1, 0.15) is 28.3 Å². The fourth-order valence-corrected chi connectivity index (χ4v) is 3.79. The number of carbonyl (C=O) groups is 1. The highest BCUT2D eigenvalue weighted by Crippen LogP contribution is 2.25. The van der Waals surface area contributed by atoms with E-state index in [0.717, 1.165) is 30.9 Å². The summed E-state index contributed by atoms with van der Waals surface area (Å²) >= 11 is 0. The van der Waals surface area contributed by atoms with Gasteiger partial charge in [-0.3, -0.25) is 4.79 Å². The van der Waals surface area contributed by atoms with E-state index in [1.807, 2.05) is 12.1 Å². The molecule has 1 unspecified atom stereocenters. The molecule has 0 spiro atoms. The molecule has 0 bridgehead atoms. The minimum Gasteiger partial charge on any atom is -0.443 e. The van der Waals surface area contributed by atoms with Crippen molar-refractivity contribution in [3.63, 3.8) is 0 Å². The number of carbonyl (C=O) groups excluding carboxylic acids is 1. The molecule has 5 nitrogen and oxygen atoms in total. The molecule has 32 heavy (non-hydrogen) atoms. The Kier molecular flexibility index (Phi) is 6.29. The molecule has 1 atom stereocenters. The number of amides is 1. The molecular formula is C26H26FN3O2. The molecule has 6 heteroatoms. The average Bonchev–Trinajstić information content (AvgIpc) is 3.47. The fourth-order valence-electron chi connectivity index (χ4n) is 3.79. The van der Waals surface area contributed by atoms with Gasteiger partial charge < -0.3 is 19.1 Å². The lowest BCUT2D eigenvalue weighted by atomic mass is 10.2. The average molecular weight is 432 g/mol. The van der Waals surface area contributed by atoms with Gasteiger partial charge in [0.2, 0.25) is 0 Å². The van der Waals surface area contributed by atoms with Crippen molar-refractivity contribution in [3.8, 4) is 11.8 Å². The molecular weight excluding hydrogens is 405 g/mol. The molecule has 1 aromatic heterocycles. The van der Waals surface area contributed by atoms with E-state index < -0.39 is 0 Å². The lowest BCUT2D eigenvalue weighted by molar-refractivity contribution is 0.0966. The summed E-state index contributed by atoms with van der Waals surface area (Å²) < 4.78 is 18.9. The Balaban J connectivity index is 1.42. The van der Waals surface area contributed by atoms with Crippen molar-refractivity contribution >= 4 is 17.3 Å². The van der Waals surface area contributed by atoms with Gasteiger partial charge >= 0.3 is 0 Å². The number of halogens is 1. The highest BCUT2D eigenvalue weighted by molar-refractivity contribution is 6.04. The van der Waals surface area contributed by atoms with E-state index in [9.17, 15) is 9.18 Å². The van der Waals surface area contributed by atoms with Gasteiger partial charge in [0.15, 0.2) is 11.5 Å². The van der Waals surface area contributed by atoms with Crippen molar-refractivity contribution in [2.45, 2.75) is 12.5 Å². The lowest BCUT2D eigenvalue weighted by Crippen LogP contribution is -2.31. The molecule has 3 aromatic rings. The summed E-state index contributed by atoms with van der Waals surface area (Å²) in [4.78, 5) is 19.0. The van der Waals surface area contributed by atoms with Crippen LogP contribution in [0.2, 0.25) is 0 Å². The number of rotatable bonds is 4. The van der Waals surface area contributed by atoms with Crippen molar-refractivity contribution in [2.75, 3.05) is 44.0 Å². The van der Waals surface area contributed by atoms with Gasteiger partial charge in [0.05, 0.1) is 0 Å². The zero-order valence-corrected chi connectivity index (χ0v) is 18.5. The van der Waals surface area contributed by atoms with Gasteiger partial charge in [0.25, 0.3) is 5.91 Å². The molecule has 1 saturated heterocycles. The smallest absolute Gasteiger partial charge is 0.293 e. The maximum absolute atomic E-state index is 13.3. The van der Waals surface area contributed by atoms with Crippen LogP contribution in [0.4, 0.5) is 15.8 Å². The topological polar surface area (TPSA) is 39.9 Å². The summed E-state index contributed by atoms with van der Waals surface area (Å²) in [6.07, 6.45) is 1.15. The zero-order valence-electron chi connectivity index (χ0n) is 18.5. The quantitative estimate of drug-likeness (QED) is 0.580. The summed E-state index contributed by atoms with van der Waals surface area (Å²) in [6.45, 7) is 2.04. The van der Waals surface area contributed by atoms with E-state index in [2.05, 4.69) is 47.9 Å². The van der Waals surface area contributed by atoms with Crippen molar-refractivity contribution in [1.82, 2.24) is 4.90 Å². The lowest BCUT2D eigenvalue weighted by Gasteiger charge is -2.23. The van der Waals surface area contributed by atoms with Crippen LogP contribution in [0.15, 0.2) is 65.1 Å². The molecule has 1 fully saturated rings. The van der Waals surface area contributed by atoms with Gasteiger partial charge in [-0.15, -0.1) is 0 Å². The predicted octanol–water partition coefficient (Wildman–Crippen LogP) is 4.24. The summed E-state index contributed by atoms with van der Waals surface area (Å²) in [7, 11) is 5.95. The number of likely N-dealkylation sites (N-methyl/N-ethyl adjacent to an activating group) is 1. The third-order valence-corrected chi connectivity index (χ3v) is 5.77. The molecule has 164 valence electrons. The Hall–Kier alpha value is -3.56. The van der Waals surface area contributed by atoms with E-state index >= 15 is 0 Å². The molecule has 4 rings (SSSR count). The maximum atomic E-state index is 13.3. The number of nitrogens with zero attached hydrogens (tertiary/aromatic N) is 3. The van der Waals surface area contributed by atoms with E-state index in [0.29, 0.717) is 17.4 Å². The van der Waals surface area contributed by atoms with Gasteiger partial charge in [0.1, 0.15) is 5.82 Å². The third kappa shape index (κ3) is 4.84. The Morgan fingerprint density at radius 2 is 1.84 bits per heavy atom. The highest BCUT2D eigenvalue weighted by Gasteiger charge is 2.24. The van der Waals surface area contributed by atoms with Crippen molar-refractivity contribution in [3.05, 3.63) is 83.6 Å². The first-order chi connectivity index (χ1) is 15.4. The number of hydrogen-bond donors (Lipinski definition) is 0. The Morgan fingerprint density at radius 1 is 1.06 bits per heavy atom. The summed E-state index contributed by atoms with van der Waals surface area (Å²) in [5.41, 5.74) is 2.49. The van der Waals surface area contributed by atoms with Crippen molar-refractivity contribution < 1.29 is 13.6 Å². The first-order valence-corrected chi connectivity index (χ1v) is 10.6. The van der Waals surface area contributed by atoms with E-state index in [1.165, 1.54) is 12.1 Å². The zero-order chi connectivity index (χ0) is 22.7. The van der Waals surface area contributed by atoms with Crippen LogP contribution in [0, 0.1) is 17.7 Å². The Labute approximate surface area is 188 Å². The van der Waals surface area contributed by atoms with Gasteiger partial charge in [-0.25, -0.2) is 4.39 Å². The third-order valence-electron chi connectivity index (χ3n) is 5.77. The number of anilines is 2. The molecule has 1 aliphatic rings. The second-order valence-corrected chi connectivity index (χ2v) is 8.16. The molecule has 2 heterocycles. The molecule has 2 aromatic carbocycles. The Bertz CT molecular complexity index is 1160. The van der Waals surface area contributed by atoms with E-state index in [1.54, 1.807) is 36.2 Å². The summed E-state index contributed by atoms with van der Waals surface area (Å²) in [5.74, 6) is 5.62. The number of furan rings is 1. The van der Waals surface area contributed by atoms with Crippen molar-refractivity contribution in [2.24, 2.45) is 0 Å². The molecule has 0 saturated carbocycles. The van der Waals surface area contributed by atoms with Crippen molar-refractivity contribution in [1.29, 1.82) is 0 Å². The van der Waals surface area contributed by atoms with Crippen LogP contribution < -0.4 is 9.80 Å². The monoisotopic (exact) mass is 431 g/mol. The second kappa shape index (κ2) is 9.29. The van der Waals surface area contributed by atoms with Crippen LogP contribution in [0.5, 0.6) is 0 Å². The SMILES string of the molecule is CN(C(=O)c1ccc(C#Cc2cccc(F)c2)o1)c1ccc(N2CCC(N(C)C)C2)cc1. The molecule has 1 amide bonds.